The summed E-state index contributed by atoms with van der Waals surface area (Å²) in [5, 5.41) is 7.68. The average molecular weight is 386 g/mol. The predicted molar refractivity (Wildman–Crippen MR) is 109 cm³/mol. The first-order valence-corrected chi connectivity index (χ1v) is 9.63. The molecular weight excluding hydrogens is 366 g/mol. The van der Waals surface area contributed by atoms with Gasteiger partial charge in [-0.05, 0) is 60.8 Å². The highest BCUT2D eigenvalue weighted by Gasteiger charge is 2.19. The fraction of sp³-hybridized carbons (Fsp3) is 0.211. The number of likely N-dealkylation sites (tertiary alicyclic amines) is 1. The quantitative estimate of drug-likeness (QED) is 0.625. The molecule has 1 fully saturated rings. The van der Waals surface area contributed by atoms with Gasteiger partial charge in [0.1, 0.15) is 0 Å². The van der Waals surface area contributed by atoms with Gasteiger partial charge in [-0.3, -0.25) is 14.9 Å². The Balaban J connectivity index is 1.56. The number of anilines is 1. The summed E-state index contributed by atoms with van der Waals surface area (Å²) in [4.78, 5) is 27.2. The minimum atomic E-state index is -0.305. The lowest BCUT2D eigenvalue weighted by Gasteiger charge is -2.16. The highest BCUT2D eigenvalue weighted by molar-refractivity contribution is 7.80. The number of hydrogen-bond acceptors (Lipinski definition) is 4. The third-order valence-electron chi connectivity index (χ3n) is 3.94. The van der Waals surface area contributed by atoms with Crippen LogP contribution in [0.2, 0.25) is 0 Å². The van der Waals surface area contributed by atoms with Gasteiger partial charge in [0.05, 0.1) is 0 Å². The van der Waals surface area contributed by atoms with Crippen molar-refractivity contribution < 1.29 is 9.59 Å². The number of carbonyl (C=O) groups excluding carboxylic acids is 2. The summed E-state index contributed by atoms with van der Waals surface area (Å²) in [6, 6.07) is 11.0. The molecule has 1 aromatic carbocycles. The summed E-state index contributed by atoms with van der Waals surface area (Å²) >= 11 is 6.72. The van der Waals surface area contributed by atoms with Gasteiger partial charge in [-0.25, -0.2) is 0 Å². The molecule has 134 valence electrons. The molecule has 3 rings (SSSR count). The third kappa shape index (κ3) is 5.00. The van der Waals surface area contributed by atoms with E-state index in [4.69, 9.17) is 12.2 Å². The molecule has 26 heavy (non-hydrogen) atoms. The second-order valence-corrected chi connectivity index (χ2v) is 7.26. The SMILES string of the molecule is O=C(/C=C/c1cccs1)NC(=S)Nc1cccc(C(=O)N2CCCC2)c1. The molecule has 5 nitrogen and oxygen atoms in total. The maximum atomic E-state index is 12.4. The van der Waals surface area contributed by atoms with Crippen LogP contribution in [0, 0.1) is 0 Å². The van der Waals surface area contributed by atoms with E-state index in [9.17, 15) is 9.59 Å². The standard InChI is InChI=1S/C19H19N3O2S2/c23-17(9-8-16-7-4-12-26-16)21-19(25)20-15-6-3-5-14(13-15)18(24)22-10-1-2-11-22/h3-9,12-13H,1-2,10-11H2,(H2,20,21,23,25)/b9-8+. The Kier molecular flexibility index (Phi) is 6.14. The highest BCUT2D eigenvalue weighted by atomic mass is 32.1. The van der Waals surface area contributed by atoms with Crippen molar-refractivity contribution in [3.63, 3.8) is 0 Å². The van der Waals surface area contributed by atoms with E-state index < -0.39 is 0 Å². The van der Waals surface area contributed by atoms with Crippen LogP contribution in [0.3, 0.4) is 0 Å². The van der Waals surface area contributed by atoms with E-state index in [-0.39, 0.29) is 16.9 Å². The van der Waals surface area contributed by atoms with E-state index in [0.29, 0.717) is 11.3 Å². The molecule has 1 aromatic heterocycles. The molecule has 0 unspecified atom stereocenters. The number of nitrogens with zero attached hydrogens (tertiary/aromatic N) is 1. The van der Waals surface area contributed by atoms with Crippen molar-refractivity contribution >= 4 is 52.2 Å². The molecule has 0 bridgehead atoms. The molecule has 1 aliphatic rings. The summed E-state index contributed by atoms with van der Waals surface area (Å²) in [7, 11) is 0. The van der Waals surface area contributed by atoms with E-state index in [1.807, 2.05) is 22.4 Å². The molecule has 0 atom stereocenters. The Morgan fingerprint density at radius 1 is 1.15 bits per heavy atom. The summed E-state index contributed by atoms with van der Waals surface area (Å²) in [6.07, 6.45) is 5.28. The van der Waals surface area contributed by atoms with Gasteiger partial charge in [-0.1, -0.05) is 12.1 Å². The van der Waals surface area contributed by atoms with Crippen LogP contribution >= 0.6 is 23.6 Å². The van der Waals surface area contributed by atoms with Crippen LogP contribution in [0.1, 0.15) is 28.1 Å². The van der Waals surface area contributed by atoms with E-state index in [1.54, 1.807) is 41.7 Å². The number of hydrogen-bond donors (Lipinski definition) is 2. The lowest BCUT2D eigenvalue weighted by atomic mass is 10.2. The van der Waals surface area contributed by atoms with Crippen molar-refractivity contribution in [2.45, 2.75) is 12.8 Å². The second-order valence-electron chi connectivity index (χ2n) is 5.87. The Labute approximate surface area is 161 Å². The minimum absolute atomic E-state index is 0.0278. The van der Waals surface area contributed by atoms with Crippen molar-refractivity contribution in [1.82, 2.24) is 10.2 Å². The Bertz CT molecular complexity index is 825. The maximum Gasteiger partial charge on any atom is 0.253 e. The number of rotatable bonds is 4. The number of benzene rings is 1. The number of thiocarbonyl (C=S) groups is 1. The average Bonchev–Trinajstić information content (AvgIpc) is 3.33. The molecule has 1 saturated heterocycles. The third-order valence-corrected chi connectivity index (χ3v) is 4.98. The monoisotopic (exact) mass is 385 g/mol. The molecule has 7 heteroatoms. The van der Waals surface area contributed by atoms with Crippen molar-refractivity contribution in [3.8, 4) is 0 Å². The van der Waals surface area contributed by atoms with Crippen LogP contribution in [0.5, 0.6) is 0 Å². The highest BCUT2D eigenvalue weighted by Crippen LogP contribution is 2.16. The molecular formula is C19H19N3O2S2. The van der Waals surface area contributed by atoms with Gasteiger partial charge >= 0.3 is 0 Å². The molecule has 0 radical (unpaired) electrons. The normalized spacial score (nSPS) is 13.8. The van der Waals surface area contributed by atoms with Crippen LogP contribution in [0.4, 0.5) is 5.69 Å². The van der Waals surface area contributed by atoms with Gasteiger partial charge in [-0.2, -0.15) is 0 Å². The van der Waals surface area contributed by atoms with Crippen molar-refractivity contribution in [3.05, 3.63) is 58.3 Å². The first-order valence-electron chi connectivity index (χ1n) is 8.35. The summed E-state index contributed by atoms with van der Waals surface area (Å²) in [5.74, 6) is -0.278. The molecule has 2 N–H and O–H groups in total. The topological polar surface area (TPSA) is 61.4 Å². The van der Waals surface area contributed by atoms with Gasteiger partial charge in [0.2, 0.25) is 5.91 Å². The number of carbonyl (C=O) groups is 2. The van der Waals surface area contributed by atoms with Crippen LogP contribution < -0.4 is 10.6 Å². The lowest BCUT2D eigenvalue weighted by Crippen LogP contribution is -2.33. The van der Waals surface area contributed by atoms with Crippen molar-refractivity contribution in [2.75, 3.05) is 18.4 Å². The van der Waals surface area contributed by atoms with Gasteiger partial charge in [0.15, 0.2) is 5.11 Å². The largest absolute Gasteiger partial charge is 0.339 e. The second kappa shape index (κ2) is 8.73. The van der Waals surface area contributed by atoms with Crippen molar-refractivity contribution in [1.29, 1.82) is 0 Å². The predicted octanol–water partition coefficient (Wildman–Crippen LogP) is 3.51. The van der Waals surface area contributed by atoms with Crippen LogP contribution in [0.25, 0.3) is 6.08 Å². The smallest absolute Gasteiger partial charge is 0.253 e. The Hall–Kier alpha value is -2.51. The first kappa shape index (κ1) is 18.3. The molecule has 0 saturated carbocycles. The number of amides is 2. The molecule has 0 spiro atoms. The summed E-state index contributed by atoms with van der Waals surface area (Å²) < 4.78 is 0. The summed E-state index contributed by atoms with van der Waals surface area (Å²) in [5.41, 5.74) is 1.28. The fourth-order valence-electron chi connectivity index (χ4n) is 2.69. The zero-order valence-corrected chi connectivity index (χ0v) is 15.7. The van der Waals surface area contributed by atoms with E-state index in [2.05, 4.69) is 10.6 Å². The molecule has 0 aliphatic carbocycles. The maximum absolute atomic E-state index is 12.4. The molecule has 2 heterocycles. The van der Waals surface area contributed by atoms with E-state index in [0.717, 1.165) is 30.8 Å². The summed E-state index contributed by atoms with van der Waals surface area (Å²) in [6.45, 7) is 1.61. The number of nitrogens with one attached hydrogen (secondary N) is 2. The molecule has 2 amide bonds. The van der Waals surface area contributed by atoms with Gasteiger partial charge in [0, 0.05) is 35.3 Å². The Morgan fingerprint density at radius 3 is 2.69 bits per heavy atom. The van der Waals surface area contributed by atoms with Crippen LogP contribution in [0.15, 0.2) is 47.9 Å². The lowest BCUT2D eigenvalue weighted by molar-refractivity contribution is -0.115. The molecule has 1 aliphatic heterocycles. The van der Waals surface area contributed by atoms with Gasteiger partial charge in [0.25, 0.3) is 5.91 Å². The van der Waals surface area contributed by atoms with Crippen LogP contribution in [-0.4, -0.2) is 34.9 Å². The number of thiophene rings is 1. The molecule has 2 aromatic rings. The van der Waals surface area contributed by atoms with Crippen LogP contribution in [-0.2, 0) is 4.79 Å². The van der Waals surface area contributed by atoms with Crippen molar-refractivity contribution in [2.24, 2.45) is 0 Å². The fourth-order valence-corrected chi connectivity index (χ4v) is 3.53. The first-order chi connectivity index (χ1) is 12.6. The van der Waals surface area contributed by atoms with Gasteiger partial charge in [-0.15, -0.1) is 11.3 Å². The van der Waals surface area contributed by atoms with E-state index in [1.165, 1.54) is 6.08 Å². The minimum Gasteiger partial charge on any atom is -0.339 e. The zero-order chi connectivity index (χ0) is 18.4. The Morgan fingerprint density at radius 2 is 1.96 bits per heavy atom. The van der Waals surface area contributed by atoms with E-state index >= 15 is 0 Å². The van der Waals surface area contributed by atoms with Gasteiger partial charge < -0.3 is 10.2 Å². The zero-order valence-electron chi connectivity index (χ0n) is 14.1.